The molecule has 0 aliphatic carbocycles. The number of thioether (sulfide) groups is 1. The van der Waals surface area contributed by atoms with E-state index in [-0.39, 0.29) is 23.3 Å². The predicted octanol–water partition coefficient (Wildman–Crippen LogP) is 3.53. The van der Waals surface area contributed by atoms with Crippen LogP contribution in [0.4, 0.5) is 0 Å². The van der Waals surface area contributed by atoms with Crippen LogP contribution in [0.1, 0.15) is 46.5 Å². The van der Waals surface area contributed by atoms with Crippen molar-refractivity contribution in [3.8, 4) is 0 Å². The van der Waals surface area contributed by atoms with Gasteiger partial charge in [-0.2, -0.15) is 0 Å². The summed E-state index contributed by atoms with van der Waals surface area (Å²) in [5, 5.41) is 4.25. The Morgan fingerprint density at radius 2 is 2.00 bits per heavy atom. The molecule has 1 aliphatic rings. The van der Waals surface area contributed by atoms with E-state index >= 15 is 0 Å². The number of carbonyl (C=O) groups is 1. The van der Waals surface area contributed by atoms with E-state index in [1.54, 1.807) is 4.57 Å². The zero-order chi connectivity index (χ0) is 21.5. The number of likely N-dealkylation sites (tertiary alicyclic amines) is 1. The van der Waals surface area contributed by atoms with Crippen LogP contribution in [0.15, 0.2) is 34.2 Å². The molecule has 0 bridgehead atoms. The Morgan fingerprint density at radius 1 is 1.27 bits per heavy atom. The smallest absolute Gasteiger partial charge is 0.262 e. The first-order chi connectivity index (χ1) is 14.5. The molecule has 1 N–H and O–H groups in total. The van der Waals surface area contributed by atoms with Crippen LogP contribution >= 0.6 is 11.8 Å². The van der Waals surface area contributed by atoms with E-state index in [4.69, 9.17) is 4.98 Å². The zero-order valence-corrected chi connectivity index (χ0v) is 19.2. The highest BCUT2D eigenvalue weighted by Gasteiger charge is 2.17. The van der Waals surface area contributed by atoms with Gasteiger partial charge in [0.1, 0.15) is 0 Å². The van der Waals surface area contributed by atoms with Crippen molar-refractivity contribution in [3.63, 3.8) is 0 Å². The van der Waals surface area contributed by atoms with E-state index < -0.39 is 0 Å². The second kappa shape index (κ2) is 11.0. The van der Waals surface area contributed by atoms with E-state index in [9.17, 15) is 9.59 Å². The first-order valence-corrected chi connectivity index (χ1v) is 12.1. The van der Waals surface area contributed by atoms with Gasteiger partial charge in [-0.05, 0) is 70.3 Å². The topological polar surface area (TPSA) is 67.2 Å². The van der Waals surface area contributed by atoms with Gasteiger partial charge in [0.2, 0.25) is 5.91 Å². The summed E-state index contributed by atoms with van der Waals surface area (Å²) in [6.07, 6.45) is 4.30. The summed E-state index contributed by atoms with van der Waals surface area (Å²) in [5.74, 6) is 1.06. The highest BCUT2D eigenvalue weighted by Crippen LogP contribution is 2.19. The minimum atomic E-state index is -0.0225. The lowest BCUT2D eigenvalue weighted by molar-refractivity contribution is -0.119. The lowest BCUT2D eigenvalue weighted by atomic mass is 9.99. The van der Waals surface area contributed by atoms with Crippen molar-refractivity contribution in [1.82, 2.24) is 19.8 Å². The summed E-state index contributed by atoms with van der Waals surface area (Å²) < 4.78 is 1.76. The van der Waals surface area contributed by atoms with E-state index in [1.807, 2.05) is 38.1 Å². The summed E-state index contributed by atoms with van der Waals surface area (Å²) in [5.41, 5.74) is 0.673. The van der Waals surface area contributed by atoms with Gasteiger partial charge >= 0.3 is 0 Å². The molecule has 30 heavy (non-hydrogen) atoms. The van der Waals surface area contributed by atoms with Crippen molar-refractivity contribution in [2.75, 3.05) is 25.4 Å². The van der Waals surface area contributed by atoms with Gasteiger partial charge in [-0.1, -0.05) is 37.7 Å². The van der Waals surface area contributed by atoms with Crippen LogP contribution in [-0.4, -0.2) is 51.8 Å². The van der Waals surface area contributed by atoms with Gasteiger partial charge in [-0.3, -0.25) is 14.2 Å². The molecule has 1 atom stereocenters. The predicted molar refractivity (Wildman–Crippen MR) is 124 cm³/mol. The van der Waals surface area contributed by atoms with Gasteiger partial charge in [-0.25, -0.2) is 4.98 Å². The molecule has 0 unspecified atom stereocenters. The summed E-state index contributed by atoms with van der Waals surface area (Å²) >= 11 is 1.35. The number of carbonyl (C=O) groups excluding carboxylic acids is 1. The van der Waals surface area contributed by atoms with Crippen LogP contribution in [-0.2, 0) is 11.3 Å². The minimum absolute atomic E-state index is 0.0160. The van der Waals surface area contributed by atoms with Crippen molar-refractivity contribution >= 4 is 28.6 Å². The number of amides is 1. The molecular weight excluding hydrogens is 396 g/mol. The number of nitrogens with zero attached hydrogens (tertiary/aromatic N) is 3. The number of rotatable bonds is 9. The van der Waals surface area contributed by atoms with Gasteiger partial charge in [0.25, 0.3) is 5.56 Å². The fourth-order valence-electron chi connectivity index (χ4n) is 3.74. The third kappa shape index (κ3) is 6.08. The van der Waals surface area contributed by atoms with Crippen molar-refractivity contribution in [2.24, 2.45) is 5.92 Å². The van der Waals surface area contributed by atoms with Crippen LogP contribution in [0.5, 0.6) is 0 Å². The van der Waals surface area contributed by atoms with Crippen molar-refractivity contribution < 1.29 is 4.79 Å². The Bertz CT molecular complexity index is 906. The normalized spacial score (nSPS) is 16.6. The maximum Gasteiger partial charge on any atom is 0.262 e. The van der Waals surface area contributed by atoms with Crippen molar-refractivity contribution in [1.29, 1.82) is 0 Å². The molecule has 1 amide bonds. The zero-order valence-electron chi connectivity index (χ0n) is 18.4. The summed E-state index contributed by atoms with van der Waals surface area (Å²) in [7, 11) is 0. The SMILES string of the molecule is CC[C@@H](C)NC(=O)CSc1nc2ccccc2c(=O)n1CCCN1CCC(C)CC1. The molecule has 0 saturated carbocycles. The number of fused-ring (bicyclic) bond motifs is 1. The Kier molecular flexibility index (Phi) is 8.33. The average molecular weight is 431 g/mol. The molecule has 0 radical (unpaired) electrons. The van der Waals surface area contributed by atoms with Gasteiger partial charge < -0.3 is 10.2 Å². The number of piperidine rings is 1. The number of aromatic nitrogens is 2. The number of hydrogen-bond acceptors (Lipinski definition) is 5. The van der Waals surface area contributed by atoms with Crippen LogP contribution < -0.4 is 10.9 Å². The third-order valence-corrected chi connectivity index (χ3v) is 6.89. The Balaban J connectivity index is 1.71. The largest absolute Gasteiger partial charge is 0.353 e. The highest BCUT2D eigenvalue weighted by atomic mass is 32.2. The average Bonchev–Trinajstić information content (AvgIpc) is 2.75. The fourth-order valence-corrected chi connectivity index (χ4v) is 4.58. The summed E-state index contributed by atoms with van der Waals surface area (Å²) in [6.45, 7) is 10.3. The third-order valence-electron chi connectivity index (χ3n) is 5.91. The maximum atomic E-state index is 13.1. The lowest BCUT2D eigenvalue weighted by Crippen LogP contribution is -2.35. The monoisotopic (exact) mass is 430 g/mol. The number of hydrogen-bond donors (Lipinski definition) is 1. The molecule has 1 fully saturated rings. The van der Waals surface area contributed by atoms with Crippen molar-refractivity contribution in [2.45, 2.75) is 64.2 Å². The maximum absolute atomic E-state index is 13.1. The molecule has 1 saturated heterocycles. The Hall–Kier alpha value is -1.86. The van der Waals surface area contributed by atoms with E-state index in [1.165, 1.54) is 24.6 Å². The van der Waals surface area contributed by atoms with Gasteiger partial charge in [0, 0.05) is 12.6 Å². The lowest BCUT2D eigenvalue weighted by Gasteiger charge is -2.30. The second-order valence-corrected chi connectivity index (χ2v) is 9.35. The molecular formula is C23H34N4O2S. The van der Waals surface area contributed by atoms with Crippen LogP contribution in [0.2, 0.25) is 0 Å². The van der Waals surface area contributed by atoms with Crippen LogP contribution in [0.25, 0.3) is 10.9 Å². The van der Waals surface area contributed by atoms with Gasteiger partial charge in [-0.15, -0.1) is 0 Å². The first kappa shape index (κ1) is 22.8. The van der Waals surface area contributed by atoms with E-state index in [0.29, 0.717) is 22.6 Å². The molecule has 2 heterocycles. The van der Waals surface area contributed by atoms with Gasteiger partial charge in [0.15, 0.2) is 5.16 Å². The fraction of sp³-hybridized carbons (Fsp3) is 0.609. The summed E-state index contributed by atoms with van der Waals surface area (Å²) in [6, 6.07) is 7.60. The first-order valence-electron chi connectivity index (χ1n) is 11.1. The molecule has 3 rings (SSSR count). The highest BCUT2D eigenvalue weighted by molar-refractivity contribution is 7.99. The van der Waals surface area contributed by atoms with Gasteiger partial charge in [0.05, 0.1) is 16.7 Å². The second-order valence-electron chi connectivity index (χ2n) is 8.41. The quantitative estimate of drug-likeness (QED) is 0.487. The Labute approximate surface area is 183 Å². The van der Waals surface area contributed by atoms with Crippen molar-refractivity contribution in [3.05, 3.63) is 34.6 Å². The number of para-hydroxylation sites is 1. The molecule has 7 heteroatoms. The number of nitrogens with one attached hydrogen (secondary N) is 1. The number of benzene rings is 1. The summed E-state index contributed by atoms with van der Waals surface area (Å²) in [4.78, 5) is 32.6. The van der Waals surface area contributed by atoms with Crippen LogP contribution in [0.3, 0.4) is 0 Å². The minimum Gasteiger partial charge on any atom is -0.353 e. The molecule has 1 aromatic heterocycles. The molecule has 164 valence electrons. The molecule has 0 spiro atoms. The molecule has 1 aliphatic heterocycles. The molecule has 1 aromatic carbocycles. The van der Waals surface area contributed by atoms with E-state index in [0.717, 1.165) is 38.4 Å². The van der Waals surface area contributed by atoms with Crippen LogP contribution in [0, 0.1) is 5.92 Å². The molecule has 2 aromatic rings. The standard InChI is InChI=1S/C23H34N4O2S/c1-4-18(3)24-21(28)16-30-23-25-20-9-6-5-8-19(20)22(29)27(23)13-7-12-26-14-10-17(2)11-15-26/h5-6,8-9,17-18H,4,7,10-16H2,1-3H3,(H,24,28)/t18-/m1/s1. The Morgan fingerprint density at radius 3 is 2.73 bits per heavy atom. The van der Waals surface area contributed by atoms with E-state index in [2.05, 4.69) is 17.1 Å². The molecule has 6 nitrogen and oxygen atoms in total.